The minimum atomic E-state index is -0.245. The van der Waals surface area contributed by atoms with Crippen LogP contribution in [0, 0.1) is 5.41 Å². The van der Waals surface area contributed by atoms with Crippen LogP contribution >= 0.6 is 15.9 Å². The van der Waals surface area contributed by atoms with Crippen molar-refractivity contribution in [1.82, 2.24) is 14.5 Å². The van der Waals surface area contributed by atoms with Crippen molar-refractivity contribution in [1.29, 1.82) is 0 Å². The molecule has 7 heteroatoms. The Labute approximate surface area is 248 Å². The van der Waals surface area contributed by atoms with Gasteiger partial charge in [-0.25, -0.2) is 0 Å². The molecule has 1 atom stereocenters. The third kappa shape index (κ3) is 6.47. The fourth-order valence-electron chi connectivity index (χ4n) is 5.84. The number of likely N-dealkylation sites (tertiary alicyclic amines) is 1. The zero-order valence-corrected chi connectivity index (χ0v) is 27.1. The summed E-state index contributed by atoms with van der Waals surface area (Å²) in [4.78, 5) is 19.3. The fraction of sp³-hybridized carbons (Fsp3) is 0.576. The van der Waals surface area contributed by atoms with Crippen molar-refractivity contribution < 1.29 is 14.3 Å². The zero-order chi connectivity index (χ0) is 29.2. The van der Waals surface area contributed by atoms with E-state index in [4.69, 9.17) is 14.5 Å². The number of pyridine rings is 1. The molecule has 1 saturated heterocycles. The van der Waals surface area contributed by atoms with Crippen LogP contribution in [-0.2, 0) is 27.2 Å². The van der Waals surface area contributed by atoms with Crippen molar-refractivity contribution in [3.63, 3.8) is 0 Å². The van der Waals surface area contributed by atoms with Gasteiger partial charge in [0.25, 0.3) is 0 Å². The lowest BCUT2D eigenvalue weighted by molar-refractivity contribution is -0.143. The number of hydrogen-bond donors (Lipinski definition) is 0. The number of methoxy groups -OCH3 is 1. The minimum absolute atomic E-state index is 0.139. The summed E-state index contributed by atoms with van der Waals surface area (Å²) >= 11 is 3.71. The van der Waals surface area contributed by atoms with E-state index in [1.165, 1.54) is 47.5 Å². The second-order valence-electron chi connectivity index (χ2n) is 11.8. The molecule has 6 nitrogen and oxygen atoms in total. The largest absolute Gasteiger partial charge is 0.465 e. The Morgan fingerprint density at radius 2 is 1.90 bits per heavy atom. The first-order valence-electron chi connectivity index (χ1n) is 14.8. The van der Waals surface area contributed by atoms with Gasteiger partial charge in [-0.1, -0.05) is 43.6 Å². The second-order valence-corrected chi connectivity index (χ2v) is 12.7. The summed E-state index contributed by atoms with van der Waals surface area (Å²) in [5, 5.41) is 1.22. The standard InChI is InChI=1S/C31H40BrN3O3.C2H6/c1-7-35-28-11-8-23(32)13-25(28)27(14-31(4,5)18-38-20(3)36)30(35)26-12-21(15-33-29(26)19(2)37-6)22-16-34(17-22)24-9-10-24;1-2/h8,11-13,15,19,22,24H,7,9-10,14,16-18H2,1-6H3;1-2H3. The predicted molar refractivity (Wildman–Crippen MR) is 167 cm³/mol. The van der Waals surface area contributed by atoms with Crippen LogP contribution in [0.2, 0.25) is 0 Å². The van der Waals surface area contributed by atoms with E-state index in [0.29, 0.717) is 12.5 Å². The summed E-state index contributed by atoms with van der Waals surface area (Å²) < 4.78 is 14.8. The van der Waals surface area contributed by atoms with E-state index >= 15 is 0 Å². The number of ether oxygens (including phenoxy) is 2. The topological polar surface area (TPSA) is 56.6 Å². The van der Waals surface area contributed by atoms with Crippen LogP contribution in [0.25, 0.3) is 22.2 Å². The van der Waals surface area contributed by atoms with E-state index in [0.717, 1.165) is 47.8 Å². The molecule has 0 spiro atoms. The Hall–Kier alpha value is -2.22. The SMILES string of the molecule is CC.CCn1c(-c2cc(C3CN(C4CC4)C3)cnc2C(C)OC)c(CC(C)(C)COC(C)=O)c2cc(Br)ccc21. The molecule has 1 aliphatic carbocycles. The van der Waals surface area contributed by atoms with Gasteiger partial charge < -0.3 is 14.0 Å². The van der Waals surface area contributed by atoms with Crippen LogP contribution < -0.4 is 0 Å². The maximum absolute atomic E-state index is 11.6. The summed E-state index contributed by atoms with van der Waals surface area (Å²) in [6.45, 7) is 17.5. The van der Waals surface area contributed by atoms with Crippen LogP contribution in [-0.4, -0.2) is 53.3 Å². The molecule has 2 aliphatic rings. The fourth-order valence-corrected chi connectivity index (χ4v) is 6.20. The summed E-state index contributed by atoms with van der Waals surface area (Å²) in [6, 6.07) is 9.72. The predicted octanol–water partition coefficient (Wildman–Crippen LogP) is 7.91. The minimum Gasteiger partial charge on any atom is -0.465 e. The number of rotatable bonds is 10. The van der Waals surface area contributed by atoms with Gasteiger partial charge in [-0.15, -0.1) is 0 Å². The number of fused-ring (bicyclic) bond motifs is 1. The average Bonchev–Trinajstić information content (AvgIpc) is 3.70. The zero-order valence-electron chi connectivity index (χ0n) is 25.5. The molecule has 0 amide bonds. The van der Waals surface area contributed by atoms with Crippen molar-refractivity contribution in [2.45, 2.75) is 92.3 Å². The van der Waals surface area contributed by atoms with Crippen LogP contribution in [0.3, 0.4) is 0 Å². The smallest absolute Gasteiger partial charge is 0.302 e. The quantitative estimate of drug-likeness (QED) is 0.218. The summed E-state index contributed by atoms with van der Waals surface area (Å²) in [6.07, 6.45) is 5.39. The number of carbonyl (C=O) groups excluding carboxylic acids is 1. The van der Waals surface area contributed by atoms with Crippen molar-refractivity contribution in [2.24, 2.45) is 5.41 Å². The van der Waals surface area contributed by atoms with Crippen LogP contribution in [0.15, 0.2) is 34.9 Å². The first-order valence-corrected chi connectivity index (χ1v) is 15.6. The average molecular weight is 613 g/mol. The number of esters is 1. The number of aromatic nitrogens is 2. The monoisotopic (exact) mass is 611 g/mol. The molecule has 1 aliphatic heterocycles. The van der Waals surface area contributed by atoms with E-state index in [1.807, 2.05) is 13.8 Å². The first kappa shape index (κ1) is 30.7. The Morgan fingerprint density at radius 3 is 2.50 bits per heavy atom. The highest BCUT2D eigenvalue weighted by Gasteiger charge is 2.39. The molecule has 5 rings (SSSR count). The molecular weight excluding hydrogens is 566 g/mol. The number of carbonyl (C=O) groups is 1. The highest BCUT2D eigenvalue weighted by molar-refractivity contribution is 9.10. The van der Waals surface area contributed by atoms with Crippen molar-refractivity contribution >= 4 is 32.8 Å². The van der Waals surface area contributed by atoms with E-state index in [-0.39, 0.29) is 17.5 Å². The maximum atomic E-state index is 11.6. The first-order chi connectivity index (χ1) is 19.1. The summed E-state index contributed by atoms with van der Waals surface area (Å²) in [7, 11) is 1.75. The number of nitrogens with zero attached hydrogens (tertiary/aromatic N) is 3. The van der Waals surface area contributed by atoms with Gasteiger partial charge in [0, 0.05) is 78.2 Å². The van der Waals surface area contributed by atoms with Gasteiger partial charge in [-0.3, -0.25) is 14.7 Å². The molecule has 2 fully saturated rings. The van der Waals surface area contributed by atoms with Gasteiger partial charge in [-0.2, -0.15) is 0 Å². The van der Waals surface area contributed by atoms with Crippen LogP contribution in [0.1, 0.15) is 90.2 Å². The summed E-state index contributed by atoms with van der Waals surface area (Å²) in [5.74, 6) is 0.275. The molecule has 0 radical (unpaired) electrons. The normalized spacial score (nSPS) is 16.8. The van der Waals surface area contributed by atoms with Crippen molar-refractivity contribution in [3.8, 4) is 11.3 Å². The molecule has 3 heterocycles. The molecule has 218 valence electrons. The van der Waals surface area contributed by atoms with E-state index < -0.39 is 0 Å². The van der Waals surface area contributed by atoms with Crippen LogP contribution in [0.4, 0.5) is 0 Å². The van der Waals surface area contributed by atoms with E-state index in [2.05, 4.69) is 83.6 Å². The molecular formula is C33H46BrN3O3. The van der Waals surface area contributed by atoms with E-state index in [9.17, 15) is 4.79 Å². The van der Waals surface area contributed by atoms with Gasteiger partial charge in [0.05, 0.1) is 24.1 Å². The second kappa shape index (κ2) is 12.7. The number of hydrogen-bond acceptors (Lipinski definition) is 5. The van der Waals surface area contributed by atoms with Crippen molar-refractivity contribution in [2.75, 3.05) is 26.8 Å². The van der Waals surface area contributed by atoms with Gasteiger partial charge in [-0.05, 0) is 68.5 Å². The molecule has 1 unspecified atom stereocenters. The third-order valence-corrected chi connectivity index (χ3v) is 8.64. The summed E-state index contributed by atoms with van der Waals surface area (Å²) in [5.41, 5.74) is 6.84. The lowest BCUT2D eigenvalue weighted by Crippen LogP contribution is -2.46. The molecule has 0 N–H and O–H groups in total. The Bertz CT molecular complexity index is 1340. The van der Waals surface area contributed by atoms with Gasteiger partial charge in [0.15, 0.2) is 0 Å². The van der Waals surface area contributed by atoms with Gasteiger partial charge in [0.2, 0.25) is 0 Å². The maximum Gasteiger partial charge on any atom is 0.302 e. The number of benzene rings is 1. The lowest BCUT2D eigenvalue weighted by Gasteiger charge is -2.40. The highest BCUT2D eigenvalue weighted by atomic mass is 79.9. The number of aryl methyl sites for hydroxylation is 1. The van der Waals surface area contributed by atoms with Crippen LogP contribution in [0.5, 0.6) is 0 Å². The lowest BCUT2D eigenvalue weighted by atomic mass is 9.83. The molecule has 1 aromatic carbocycles. The van der Waals surface area contributed by atoms with Gasteiger partial charge in [0.1, 0.15) is 0 Å². The Balaban J connectivity index is 0.00000181. The number of halogens is 1. The molecule has 1 saturated carbocycles. The Morgan fingerprint density at radius 1 is 1.20 bits per heavy atom. The highest BCUT2D eigenvalue weighted by Crippen LogP contribution is 2.43. The van der Waals surface area contributed by atoms with Gasteiger partial charge >= 0.3 is 5.97 Å². The molecule has 0 bridgehead atoms. The molecule has 2 aromatic heterocycles. The van der Waals surface area contributed by atoms with Crippen molar-refractivity contribution in [3.05, 3.63) is 51.8 Å². The van der Waals surface area contributed by atoms with E-state index in [1.54, 1.807) is 7.11 Å². The third-order valence-electron chi connectivity index (χ3n) is 8.15. The molecule has 3 aromatic rings. The molecule has 40 heavy (non-hydrogen) atoms. The Kier molecular flexibility index (Phi) is 9.79.